The number of nitrogens with zero attached hydrogens (tertiary/aromatic N) is 1. The normalized spacial score (nSPS) is 18.6. The third-order valence-corrected chi connectivity index (χ3v) is 9.60. The van der Waals surface area contributed by atoms with Gasteiger partial charge in [-0.15, -0.1) is 0 Å². The zero-order valence-electron chi connectivity index (χ0n) is 25.4. The molecule has 0 fully saturated rings. The van der Waals surface area contributed by atoms with Crippen LogP contribution in [0.1, 0.15) is 65.2 Å². The minimum Gasteiger partial charge on any atom is -0.493 e. The molecule has 0 amide bonds. The van der Waals surface area contributed by atoms with Gasteiger partial charge in [0.2, 0.25) is 0 Å². The van der Waals surface area contributed by atoms with Gasteiger partial charge in [-0.05, 0) is 107 Å². The molecule has 2 aliphatic heterocycles. The fourth-order valence-corrected chi connectivity index (χ4v) is 6.77. The number of ether oxygens (including phenoxy) is 3. The van der Waals surface area contributed by atoms with Crippen molar-refractivity contribution < 1.29 is 23.4 Å². The van der Waals surface area contributed by atoms with Crippen molar-refractivity contribution in [2.75, 3.05) is 13.7 Å². The number of benzene rings is 4. The van der Waals surface area contributed by atoms with Crippen molar-refractivity contribution in [3.63, 3.8) is 0 Å². The van der Waals surface area contributed by atoms with Gasteiger partial charge in [-0.3, -0.25) is 9.69 Å². The van der Waals surface area contributed by atoms with Gasteiger partial charge in [-0.2, -0.15) is 0 Å². The Morgan fingerprint density at radius 3 is 2.53 bits per heavy atom. The average molecular weight is 649 g/mol. The van der Waals surface area contributed by atoms with Gasteiger partial charge in [0.15, 0.2) is 0 Å². The Bertz CT molecular complexity index is 1680. The van der Waals surface area contributed by atoms with Crippen molar-refractivity contribution in [2.45, 2.75) is 63.8 Å². The first-order valence-corrected chi connectivity index (χ1v) is 16.1. The Hall–Kier alpha value is -3.58. The first-order chi connectivity index (χ1) is 21.8. The van der Waals surface area contributed by atoms with Crippen LogP contribution in [-0.4, -0.2) is 30.6 Å². The zero-order chi connectivity index (χ0) is 31.5. The third-order valence-electron chi connectivity index (χ3n) is 8.86. The van der Waals surface area contributed by atoms with Gasteiger partial charge in [-0.25, -0.2) is 4.39 Å². The summed E-state index contributed by atoms with van der Waals surface area (Å²) in [7, 11) is 1.41. The average Bonchev–Trinajstić information content (AvgIpc) is 3.25. The van der Waals surface area contributed by atoms with Crippen molar-refractivity contribution in [3.8, 4) is 11.5 Å². The molecule has 6 rings (SSSR count). The molecule has 8 heteroatoms. The van der Waals surface area contributed by atoms with Crippen LogP contribution in [0.15, 0.2) is 78.9 Å². The number of hydrogen-bond acceptors (Lipinski definition) is 5. The summed E-state index contributed by atoms with van der Waals surface area (Å²) in [5.41, 5.74) is 6.45. The minimum absolute atomic E-state index is 0.130. The Balaban J connectivity index is 1.19. The Morgan fingerprint density at radius 1 is 0.978 bits per heavy atom. The van der Waals surface area contributed by atoms with Crippen LogP contribution in [0.3, 0.4) is 0 Å². The SMILES string of the molecule is CC[C@@H](Oc1ccc([C@@H]2CCOc3cc4c(cc3C2)CN(Cc2cccc(F)c2)[C@H](C(=O)OC)C4)cc1)c1ccc(Cl)c(Cl)c1. The molecule has 2 heterocycles. The Kier molecular flexibility index (Phi) is 9.64. The van der Waals surface area contributed by atoms with Crippen LogP contribution in [-0.2, 0) is 35.5 Å². The maximum atomic E-state index is 13.9. The molecule has 0 saturated carbocycles. The van der Waals surface area contributed by atoms with E-state index in [1.54, 1.807) is 12.1 Å². The molecule has 4 aromatic carbocycles. The molecular weight excluding hydrogens is 612 g/mol. The zero-order valence-corrected chi connectivity index (χ0v) is 26.9. The van der Waals surface area contributed by atoms with E-state index in [-0.39, 0.29) is 23.8 Å². The number of halogens is 3. The highest BCUT2D eigenvalue weighted by Gasteiger charge is 2.34. The van der Waals surface area contributed by atoms with Crippen LogP contribution in [0, 0.1) is 5.82 Å². The highest BCUT2D eigenvalue weighted by molar-refractivity contribution is 6.42. The maximum absolute atomic E-state index is 13.9. The van der Waals surface area contributed by atoms with Crippen molar-refractivity contribution in [3.05, 3.63) is 128 Å². The van der Waals surface area contributed by atoms with E-state index in [2.05, 4.69) is 36.1 Å². The summed E-state index contributed by atoms with van der Waals surface area (Å²) in [6.07, 6.45) is 2.90. The number of carbonyl (C=O) groups excluding carboxylic acids is 1. The van der Waals surface area contributed by atoms with Crippen LogP contribution in [0.4, 0.5) is 4.39 Å². The smallest absolute Gasteiger partial charge is 0.323 e. The molecular formula is C37H36Cl2FNO4. The number of carbonyl (C=O) groups is 1. The van der Waals surface area contributed by atoms with Gasteiger partial charge in [0.05, 0.1) is 23.8 Å². The fraction of sp³-hybridized carbons (Fsp3) is 0.324. The van der Waals surface area contributed by atoms with Crippen molar-refractivity contribution >= 4 is 29.2 Å². The summed E-state index contributed by atoms with van der Waals surface area (Å²) in [6, 6.07) is 24.4. The molecule has 0 unspecified atom stereocenters. The quantitative estimate of drug-likeness (QED) is 0.179. The molecule has 0 aliphatic carbocycles. The molecule has 234 valence electrons. The second kappa shape index (κ2) is 13.8. The summed E-state index contributed by atoms with van der Waals surface area (Å²) >= 11 is 12.4. The van der Waals surface area contributed by atoms with E-state index in [4.69, 9.17) is 37.4 Å². The highest BCUT2D eigenvalue weighted by atomic mass is 35.5. The summed E-state index contributed by atoms with van der Waals surface area (Å²) in [5, 5.41) is 1.05. The molecule has 2 aliphatic rings. The van der Waals surface area contributed by atoms with E-state index >= 15 is 0 Å². The Labute approximate surface area is 273 Å². The number of rotatable bonds is 8. The molecule has 0 aromatic heterocycles. The summed E-state index contributed by atoms with van der Waals surface area (Å²) in [4.78, 5) is 14.9. The van der Waals surface area contributed by atoms with Gasteiger partial charge in [0, 0.05) is 13.1 Å². The lowest BCUT2D eigenvalue weighted by atomic mass is 9.86. The second-order valence-corrected chi connectivity index (χ2v) is 12.6. The minimum atomic E-state index is -0.452. The maximum Gasteiger partial charge on any atom is 0.323 e. The molecule has 45 heavy (non-hydrogen) atoms. The van der Waals surface area contributed by atoms with Crippen molar-refractivity contribution in [1.29, 1.82) is 0 Å². The van der Waals surface area contributed by atoms with Gasteiger partial charge in [0.1, 0.15) is 29.5 Å². The van der Waals surface area contributed by atoms with E-state index in [0.29, 0.717) is 36.2 Å². The van der Waals surface area contributed by atoms with E-state index in [9.17, 15) is 9.18 Å². The molecule has 5 nitrogen and oxygen atoms in total. The highest BCUT2D eigenvalue weighted by Crippen LogP contribution is 2.38. The van der Waals surface area contributed by atoms with E-state index in [1.165, 1.54) is 24.8 Å². The van der Waals surface area contributed by atoms with E-state index < -0.39 is 6.04 Å². The predicted octanol–water partition coefficient (Wildman–Crippen LogP) is 8.87. The van der Waals surface area contributed by atoms with Gasteiger partial charge < -0.3 is 14.2 Å². The Morgan fingerprint density at radius 2 is 1.80 bits per heavy atom. The molecule has 0 bridgehead atoms. The molecule has 0 N–H and O–H groups in total. The number of fused-ring (bicyclic) bond motifs is 2. The van der Waals surface area contributed by atoms with Crippen LogP contribution in [0.25, 0.3) is 0 Å². The van der Waals surface area contributed by atoms with E-state index in [1.807, 2.05) is 30.3 Å². The van der Waals surface area contributed by atoms with Gasteiger partial charge in [0.25, 0.3) is 0 Å². The van der Waals surface area contributed by atoms with Crippen LogP contribution in [0.5, 0.6) is 11.5 Å². The largest absolute Gasteiger partial charge is 0.493 e. The lowest BCUT2D eigenvalue weighted by molar-refractivity contribution is -0.148. The fourth-order valence-electron chi connectivity index (χ4n) is 6.47. The standard InChI is InChI=1S/C37H36Cl2FNO4/c1-3-35(26-9-12-32(38)33(39)18-26)45-31-10-7-24(8-11-31)25-13-14-44-36-20-27-19-34(37(42)43-2)41(22-29(27)17-28(36)16-25)21-23-5-4-6-30(40)15-23/h4-12,15,17-18,20,25,34-35H,3,13-14,16,19,21-22H2,1-2H3/t25-,34+,35-/m1/s1. The second-order valence-electron chi connectivity index (χ2n) is 11.8. The summed E-state index contributed by atoms with van der Waals surface area (Å²) in [5.74, 6) is 1.39. The lowest BCUT2D eigenvalue weighted by Gasteiger charge is -2.35. The van der Waals surface area contributed by atoms with Crippen LogP contribution >= 0.6 is 23.2 Å². The third kappa shape index (κ3) is 7.14. The predicted molar refractivity (Wildman–Crippen MR) is 175 cm³/mol. The van der Waals surface area contributed by atoms with Gasteiger partial charge in [-0.1, -0.05) is 66.5 Å². The molecule has 3 atom stereocenters. The molecule has 0 saturated heterocycles. The number of methoxy groups -OCH3 is 1. The van der Waals surface area contributed by atoms with Crippen molar-refractivity contribution in [1.82, 2.24) is 4.90 Å². The van der Waals surface area contributed by atoms with Crippen LogP contribution < -0.4 is 9.47 Å². The summed E-state index contributed by atoms with van der Waals surface area (Å²) in [6.45, 7) is 3.70. The first kappa shape index (κ1) is 31.4. The number of hydrogen-bond donors (Lipinski definition) is 0. The van der Waals surface area contributed by atoms with Crippen molar-refractivity contribution in [2.24, 2.45) is 0 Å². The topological polar surface area (TPSA) is 48.0 Å². The van der Waals surface area contributed by atoms with Crippen LogP contribution in [0.2, 0.25) is 10.0 Å². The molecule has 0 spiro atoms. The first-order valence-electron chi connectivity index (χ1n) is 15.4. The van der Waals surface area contributed by atoms with Gasteiger partial charge >= 0.3 is 5.97 Å². The monoisotopic (exact) mass is 647 g/mol. The lowest BCUT2D eigenvalue weighted by Crippen LogP contribution is -2.45. The molecule has 4 aromatic rings. The van der Waals surface area contributed by atoms with E-state index in [0.717, 1.165) is 58.6 Å². The summed E-state index contributed by atoms with van der Waals surface area (Å²) < 4.78 is 31.7. The number of esters is 1. The molecule has 0 radical (unpaired) electrons.